The van der Waals surface area contributed by atoms with Gasteiger partial charge in [0.15, 0.2) is 5.78 Å². The first-order valence-corrected chi connectivity index (χ1v) is 16.0. The summed E-state index contributed by atoms with van der Waals surface area (Å²) in [5.74, 6) is -2.42. The summed E-state index contributed by atoms with van der Waals surface area (Å²) in [6.45, 7) is 13.6. The molecule has 9 nitrogen and oxygen atoms in total. The van der Waals surface area contributed by atoms with Crippen LogP contribution in [0.5, 0.6) is 0 Å². The van der Waals surface area contributed by atoms with Crippen LogP contribution in [0.25, 0.3) is 0 Å². The van der Waals surface area contributed by atoms with Gasteiger partial charge in [-0.3, -0.25) is 19.2 Å². The minimum Gasteiger partial charge on any atom is -0.444 e. The molecule has 2 unspecified atom stereocenters. The number of carbonyl (C=O) groups is 5. The summed E-state index contributed by atoms with van der Waals surface area (Å²) in [5, 5.41) is 8.47. The second-order valence-corrected chi connectivity index (χ2v) is 14.7. The fourth-order valence-corrected chi connectivity index (χ4v) is 7.53. The maximum Gasteiger partial charge on any atom is 0.408 e. The van der Waals surface area contributed by atoms with Gasteiger partial charge in [0.25, 0.3) is 5.91 Å². The van der Waals surface area contributed by atoms with Crippen molar-refractivity contribution in [1.82, 2.24) is 16.0 Å². The number of ketones is 2. The molecule has 3 N–H and O–H groups in total. The van der Waals surface area contributed by atoms with Crippen LogP contribution >= 0.6 is 0 Å². The lowest BCUT2D eigenvalue weighted by atomic mass is 9.74. The molecule has 4 aliphatic carbocycles. The van der Waals surface area contributed by atoms with Crippen LogP contribution in [-0.2, 0) is 23.9 Å². The van der Waals surface area contributed by atoms with Crippen LogP contribution < -0.4 is 16.0 Å². The second-order valence-electron chi connectivity index (χ2n) is 14.7. The lowest BCUT2D eigenvalue weighted by Crippen LogP contribution is -2.54. The molecule has 4 rings (SSSR count). The summed E-state index contributed by atoms with van der Waals surface area (Å²) in [6.07, 6.45) is 9.32. The van der Waals surface area contributed by atoms with E-state index in [9.17, 15) is 24.0 Å². The van der Waals surface area contributed by atoms with E-state index in [0.29, 0.717) is 31.7 Å². The minimum atomic E-state index is -0.917. The third-order valence-electron chi connectivity index (χ3n) is 9.99. The third-order valence-corrected chi connectivity index (χ3v) is 9.99. The van der Waals surface area contributed by atoms with Gasteiger partial charge in [0.05, 0.1) is 18.0 Å². The second kappa shape index (κ2) is 12.9. The SMILES string of the molecule is C=CCCNC(=O)C(=O)C(CC1CC1)NC(=O)[C@H]1C(C(=O)[C@@H](NC(=O)OC(C)(C)C)C2CCCCC2)C[C@H]2[C@@H]1C2(C)C. The summed E-state index contributed by atoms with van der Waals surface area (Å²) < 4.78 is 5.53. The van der Waals surface area contributed by atoms with E-state index in [1.807, 2.05) is 0 Å². The van der Waals surface area contributed by atoms with E-state index >= 15 is 0 Å². The summed E-state index contributed by atoms with van der Waals surface area (Å²) in [6, 6.07) is -1.64. The van der Waals surface area contributed by atoms with E-state index in [4.69, 9.17) is 4.74 Å². The molecule has 4 saturated carbocycles. The Morgan fingerprint density at radius 2 is 1.67 bits per heavy atom. The molecule has 3 amide bonds. The summed E-state index contributed by atoms with van der Waals surface area (Å²) >= 11 is 0. The number of fused-ring (bicyclic) bond motifs is 1. The number of ether oxygens (including phenoxy) is 1. The van der Waals surface area contributed by atoms with Crippen LogP contribution in [0.2, 0.25) is 0 Å². The van der Waals surface area contributed by atoms with Gasteiger partial charge in [-0.2, -0.15) is 0 Å². The van der Waals surface area contributed by atoms with Crippen LogP contribution in [0.3, 0.4) is 0 Å². The van der Waals surface area contributed by atoms with Gasteiger partial charge < -0.3 is 20.7 Å². The van der Waals surface area contributed by atoms with Crippen LogP contribution in [0.4, 0.5) is 4.79 Å². The zero-order valence-electron chi connectivity index (χ0n) is 26.1. The van der Waals surface area contributed by atoms with Gasteiger partial charge in [-0.15, -0.1) is 6.58 Å². The molecule has 4 fully saturated rings. The third kappa shape index (κ3) is 7.62. The largest absolute Gasteiger partial charge is 0.444 e. The molecule has 42 heavy (non-hydrogen) atoms. The average Bonchev–Trinajstić information content (AvgIpc) is 3.77. The van der Waals surface area contributed by atoms with Gasteiger partial charge in [-0.25, -0.2) is 4.79 Å². The molecule has 0 aromatic carbocycles. The molecule has 0 radical (unpaired) electrons. The molecule has 6 atom stereocenters. The normalized spacial score (nSPS) is 28.0. The molecule has 234 valence electrons. The van der Waals surface area contributed by atoms with Crippen molar-refractivity contribution < 1.29 is 28.7 Å². The predicted molar refractivity (Wildman–Crippen MR) is 159 cm³/mol. The topological polar surface area (TPSA) is 131 Å². The van der Waals surface area contributed by atoms with Crippen LogP contribution in [0.1, 0.15) is 98.8 Å². The Bertz CT molecular complexity index is 1070. The maximum absolute atomic E-state index is 14.3. The van der Waals surface area contributed by atoms with Crippen LogP contribution in [-0.4, -0.2) is 53.7 Å². The molecule has 0 heterocycles. The molecule has 0 aliphatic heterocycles. The Hall–Kier alpha value is -2.71. The Balaban J connectivity index is 1.53. The lowest BCUT2D eigenvalue weighted by Gasteiger charge is -2.35. The number of carbonyl (C=O) groups excluding carboxylic acids is 5. The highest BCUT2D eigenvalue weighted by Crippen LogP contribution is 2.71. The van der Waals surface area contributed by atoms with Crippen LogP contribution in [0, 0.1) is 40.9 Å². The van der Waals surface area contributed by atoms with Gasteiger partial charge in [0.2, 0.25) is 11.7 Å². The molecule has 0 aromatic heterocycles. The van der Waals surface area contributed by atoms with E-state index in [0.717, 1.165) is 44.9 Å². The van der Waals surface area contributed by atoms with Crippen molar-refractivity contribution in [1.29, 1.82) is 0 Å². The maximum atomic E-state index is 14.3. The zero-order valence-corrected chi connectivity index (χ0v) is 26.1. The monoisotopic (exact) mass is 585 g/mol. The number of nitrogens with one attached hydrogen (secondary N) is 3. The standard InChI is InChI=1S/C33H51N3O6/c1-7-8-16-34-30(40)28(38)23(17-19-14-15-19)35-29(39)24-21(18-22-25(24)33(22,5)6)27(37)26(20-12-10-9-11-13-20)36-31(41)42-32(2,3)4/h7,19-26H,1,8-18H2,2-6H3,(H,34,40)(H,35,39)(H,36,41)/t21?,22-,23?,24-,25-,26-/m0/s1. The zero-order chi connectivity index (χ0) is 30.8. The fourth-order valence-electron chi connectivity index (χ4n) is 7.53. The smallest absolute Gasteiger partial charge is 0.408 e. The average molecular weight is 586 g/mol. The minimum absolute atomic E-state index is 0.00382. The first kappa shape index (κ1) is 32.2. The number of hydrogen-bond donors (Lipinski definition) is 3. The number of alkyl carbamates (subject to hydrolysis) is 1. The summed E-state index contributed by atoms with van der Waals surface area (Å²) in [5.41, 5.74) is -0.789. The van der Waals surface area contributed by atoms with Crippen molar-refractivity contribution >= 4 is 29.5 Å². The summed E-state index contributed by atoms with van der Waals surface area (Å²) in [7, 11) is 0. The van der Waals surface area contributed by atoms with Crippen molar-refractivity contribution in [3.8, 4) is 0 Å². The van der Waals surface area contributed by atoms with E-state index in [-0.39, 0.29) is 34.9 Å². The molecule has 0 spiro atoms. The van der Waals surface area contributed by atoms with E-state index in [1.165, 1.54) is 0 Å². The Morgan fingerprint density at radius 1 is 1.00 bits per heavy atom. The molecule has 0 bridgehead atoms. The molecule has 9 heteroatoms. The number of Topliss-reactive ketones (excluding diaryl/α,β-unsaturated/α-hetero) is 2. The molecular formula is C33H51N3O6. The lowest BCUT2D eigenvalue weighted by molar-refractivity contribution is -0.142. The molecule has 0 aromatic rings. The van der Waals surface area contributed by atoms with E-state index in [1.54, 1.807) is 26.8 Å². The summed E-state index contributed by atoms with van der Waals surface area (Å²) in [4.78, 5) is 67.0. The Labute approximate surface area is 250 Å². The highest BCUT2D eigenvalue weighted by molar-refractivity contribution is 6.38. The fraction of sp³-hybridized carbons (Fsp3) is 0.788. The molecule has 0 saturated heterocycles. The Morgan fingerprint density at radius 3 is 2.26 bits per heavy atom. The van der Waals surface area contributed by atoms with Gasteiger partial charge in [0.1, 0.15) is 5.60 Å². The van der Waals surface area contributed by atoms with E-state index < -0.39 is 47.3 Å². The first-order chi connectivity index (χ1) is 19.7. The quantitative estimate of drug-likeness (QED) is 0.166. The molecule has 4 aliphatic rings. The highest BCUT2D eigenvalue weighted by atomic mass is 16.6. The van der Waals surface area contributed by atoms with Crippen molar-refractivity contribution in [2.45, 2.75) is 117 Å². The van der Waals surface area contributed by atoms with Crippen molar-refractivity contribution in [3.05, 3.63) is 12.7 Å². The number of rotatable bonds is 13. The van der Waals surface area contributed by atoms with Gasteiger partial charge >= 0.3 is 6.09 Å². The molecular weight excluding hydrogens is 534 g/mol. The van der Waals surface area contributed by atoms with Gasteiger partial charge in [-0.05, 0) is 82.0 Å². The van der Waals surface area contributed by atoms with Crippen molar-refractivity contribution in [2.24, 2.45) is 40.9 Å². The van der Waals surface area contributed by atoms with Gasteiger partial charge in [0, 0.05) is 12.5 Å². The highest BCUT2D eigenvalue weighted by Gasteiger charge is 2.70. The number of hydrogen-bond acceptors (Lipinski definition) is 6. The van der Waals surface area contributed by atoms with Crippen LogP contribution in [0.15, 0.2) is 12.7 Å². The predicted octanol–water partition coefficient (Wildman–Crippen LogP) is 4.48. The van der Waals surface area contributed by atoms with Crippen molar-refractivity contribution in [2.75, 3.05) is 6.54 Å². The van der Waals surface area contributed by atoms with Gasteiger partial charge in [-0.1, -0.05) is 52.0 Å². The Kier molecular flexibility index (Phi) is 9.88. The number of amides is 3. The van der Waals surface area contributed by atoms with E-state index in [2.05, 4.69) is 36.4 Å². The van der Waals surface area contributed by atoms with Crippen molar-refractivity contribution in [3.63, 3.8) is 0 Å². The first-order valence-electron chi connectivity index (χ1n) is 16.0.